The number of aromatic carboxylic acids is 1. The number of nitrogens with zero attached hydrogens (tertiary/aromatic N) is 3. The molecule has 2 aromatic heterocycles. The van der Waals surface area contributed by atoms with Crippen molar-refractivity contribution in [3.63, 3.8) is 0 Å². The van der Waals surface area contributed by atoms with Gasteiger partial charge in [-0.05, 0) is 18.9 Å². The predicted octanol–water partition coefficient (Wildman–Crippen LogP) is 0.110. The number of pyridine rings is 2. The van der Waals surface area contributed by atoms with Crippen molar-refractivity contribution in [3.05, 3.63) is 33.9 Å². The van der Waals surface area contributed by atoms with Crippen LogP contribution in [0, 0.1) is 5.82 Å². The zero-order valence-corrected chi connectivity index (χ0v) is 13.1. The Morgan fingerprint density at radius 3 is 2.44 bits per heavy atom. The van der Waals surface area contributed by atoms with Crippen LogP contribution in [-0.2, 0) is 0 Å². The standard InChI is InChI=1S/C16H16FN3O5/c17-10-3-8-13(23)9(16(24)25)4-20(7-1-2-7)14(8)18-15(10)19-5-11(21)12(22)6-19/h3-4,7,11-12,21-22H,1-2,5-6H2,(H,24,25)/t11-,12-/m1/s1. The highest BCUT2D eigenvalue weighted by Gasteiger charge is 2.33. The fraction of sp³-hybridized carbons (Fsp3) is 0.438. The molecule has 0 spiro atoms. The first kappa shape index (κ1) is 16.0. The summed E-state index contributed by atoms with van der Waals surface area (Å²) in [5, 5.41) is 28.5. The van der Waals surface area contributed by atoms with E-state index < -0.39 is 35.0 Å². The van der Waals surface area contributed by atoms with Gasteiger partial charge in [0.05, 0.1) is 17.6 Å². The molecular weight excluding hydrogens is 333 g/mol. The molecule has 132 valence electrons. The fourth-order valence-corrected chi connectivity index (χ4v) is 3.19. The molecule has 8 nitrogen and oxygen atoms in total. The quantitative estimate of drug-likeness (QED) is 0.720. The van der Waals surface area contributed by atoms with E-state index in [1.807, 2.05) is 0 Å². The molecular formula is C16H16FN3O5. The van der Waals surface area contributed by atoms with E-state index in [0.717, 1.165) is 18.9 Å². The minimum absolute atomic E-state index is 0.0253. The lowest BCUT2D eigenvalue weighted by Crippen LogP contribution is -2.25. The summed E-state index contributed by atoms with van der Waals surface area (Å²) in [6, 6.07) is 1.02. The second kappa shape index (κ2) is 5.50. The molecule has 0 bridgehead atoms. The third-order valence-electron chi connectivity index (χ3n) is 4.67. The minimum atomic E-state index is -1.36. The van der Waals surface area contributed by atoms with E-state index >= 15 is 0 Å². The van der Waals surface area contributed by atoms with Crippen LogP contribution in [0.25, 0.3) is 11.0 Å². The van der Waals surface area contributed by atoms with Crippen LogP contribution in [-0.4, -0.2) is 56.1 Å². The molecule has 3 heterocycles. The van der Waals surface area contributed by atoms with Crippen LogP contribution < -0.4 is 10.3 Å². The van der Waals surface area contributed by atoms with Gasteiger partial charge in [-0.2, -0.15) is 0 Å². The first-order chi connectivity index (χ1) is 11.9. The van der Waals surface area contributed by atoms with E-state index in [0.29, 0.717) is 0 Å². The molecule has 0 aromatic carbocycles. The van der Waals surface area contributed by atoms with Gasteiger partial charge in [-0.1, -0.05) is 0 Å². The summed E-state index contributed by atoms with van der Waals surface area (Å²) < 4.78 is 16.1. The van der Waals surface area contributed by atoms with Crippen molar-refractivity contribution < 1.29 is 24.5 Å². The molecule has 0 radical (unpaired) electrons. The molecule has 1 aliphatic carbocycles. The highest BCUT2D eigenvalue weighted by Crippen LogP contribution is 2.37. The van der Waals surface area contributed by atoms with Gasteiger partial charge in [-0.15, -0.1) is 0 Å². The summed E-state index contributed by atoms with van der Waals surface area (Å²) >= 11 is 0. The Hall–Kier alpha value is -2.52. The number of rotatable bonds is 3. The molecule has 1 saturated heterocycles. The Bertz CT molecular complexity index is 929. The van der Waals surface area contributed by atoms with Crippen LogP contribution in [0.2, 0.25) is 0 Å². The van der Waals surface area contributed by atoms with E-state index in [1.165, 1.54) is 11.1 Å². The molecule has 0 unspecified atom stereocenters. The third-order valence-corrected chi connectivity index (χ3v) is 4.67. The van der Waals surface area contributed by atoms with Gasteiger partial charge < -0.3 is 24.8 Å². The van der Waals surface area contributed by atoms with Gasteiger partial charge in [-0.3, -0.25) is 4.79 Å². The molecule has 3 N–H and O–H groups in total. The number of β-amino-alcohol motifs (C(OH)–C–C–N with tert-alkyl or cyclic N) is 2. The lowest BCUT2D eigenvalue weighted by Gasteiger charge is -2.19. The summed E-state index contributed by atoms with van der Waals surface area (Å²) in [6.07, 6.45) is 0.903. The number of fused-ring (bicyclic) bond motifs is 1. The molecule has 2 fully saturated rings. The van der Waals surface area contributed by atoms with Gasteiger partial charge in [0, 0.05) is 25.3 Å². The second-order valence-corrected chi connectivity index (χ2v) is 6.52. The van der Waals surface area contributed by atoms with Gasteiger partial charge in [0.2, 0.25) is 5.43 Å². The van der Waals surface area contributed by atoms with Crippen molar-refractivity contribution in [2.24, 2.45) is 0 Å². The van der Waals surface area contributed by atoms with Gasteiger partial charge >= 0.3 is 5.97 Å². The van der Waals surface area contributed by atoms with Crippen molar-refractivity contribution in [1.82, 2.24) is 9.55 Å². The molecule has 1 aliphatic heterocycles. The maximum atomic E-state index is 14.5. The molecule has 0 amide bonds. The average molecular weight is 349 g/mol. The first-order valence-corrected chi connectivity index (χ1v) is 7.96. The van der Waals surface area contributed by atoms with Crippen molar-refractivity contribution in [1.29, 1.82) is 0 Å². The summed E-state index contributed by atoms with van der Waals surface area (Å²) in [5.74, 6) is -2.23. The number of aromatic nitrogens is 2. The maximum Gasteiger partial charge on any atom is 0.341 e. The van der Waals surface area contributed by atoms with Crippen LogP contribution in [0.5, 0.6) is 0 Å². The number of carboxylic acid groups (broad SMARTS) is 1. The lowest BCUT2D eigenvalue weighted by atomic mass is 10.2. The SMILES string of the molecule is O=C(O)c1cn(C2CC2)c2nc(N3C[C@@H](O)[C@H](O)C3)c(F)cc2c1=O. The third kappa shape index (κ3) is 2.56. The molecule has 2 aliphatic rings. The number of carbonyl (C=O) groups is 1. The second-order valence-electron chi connectivity index (χ2n) is 6.52. The molecule has 1 saturated carbocycles. The van der Waals surface area contributed by atoms with Crippen LogP contribution in [0.4, 0.5) is 10.2 Å². The molecule has 2 aromatic rings. The van der Waals surface area contributed by atoms with Crippen LogP contribution in [0.3, 0.4) is 0 Å². The number of carboxylic acids is 1. The Kier molecular flexibility index (Phi) is 3.51. The Morgan fingerprint density at radius 2 is 1.88 bits per heavy atom. The van der Waals surface area contributed by atoms with E-state index in [4.69, 9.17) is 0 Å². The van der Waals surface area contributed by atoms with Crippen molar-refractivity contribution in [2.45, 2.75) is 31.1 Å². The fourth-order valence-electron chi connectivity index (χ4n) is 3.19. The van der Waals surface area contributed by atoms with Gasteiger partial charge in [0.25, 0.3) is 0 Å². The molecule has 9 heteroatoms. The van der Waals surface area contributed by atoms with E-state index in [-0.39, 0.29) is 36.0 Å². The van der Waals surface area contributed by atoms with Crippen LogP contribution >= 0.6 is 0 Å². The van der Waals surface area contributed by atoms with Gasteiger partial charge in [0.1, 0.15) is 11.2 Å². The van der Waals surface area contributed by atoms with Gasteiger partial charge in [0.15, 0.2) is 11.6 Å². The van der Waals surface area contributed by atoms with Crippen molar-refractivity contribution >= 4 is 22.8 Å². The largest absolute Gasteiger partial charge is 0.477 e. The minimum Gasteiger partial charge on any atom is -0.477 e. The number of aliphatic hydroxyl groups is 2. The lowest BCUT2D eigenvalue weighted by molar-refractivity contribution is 0.0572. The summed E-state index contributed by atoms with van der Waals surface area (Å²) in [4.78, 5) is 29.3. The monoisotopic (exact) mass is 349 g/mol. The number of hydrogen-bond donors (Lipinski definition) is 3. The van der Waals surface area contributed by atoms with E-state index in [1.54, 1.807) is 4.57 Å². The maximum absolute atomic E-state index is 14.5. The van der Waals surface area contributed by atoms with Crippen LogP contribution in [0.1, 0.15) is 29.2 Å². The topological polar surface area (TPSA) is 116 Å². The predicted molar refractivity (Wildman–Crippen MR) is 85.4 cm³/mol. The molecule has 2 atom stereocenters. The van der Waals surface area contributed by atoms with E-state index in [2.05, 4.69) is 4.98 Å². The summed E-state index contributed by atoms with van der Waals surface area (Å²) in [7, 11) is 0. The molecule has 25 heavy (non-hydrogen) atoms. The number of aliphatic hydroxyl groups excluding tert-OH is 2. The Labute approximate surface area is 140 Å². The Morgan fingerprint density at radius 1 is 1.24 bits per heavy atom. The summed E-state index contributed by atoms with van der Waals surface area (Å²) in [6.45, 7) is 0.0505. The zero-order valence-electron chi connectivity index (χ0n) is 13.1. The van der Waals surface area contributed by atoms with Crippen molar-refractivity contribution in [3.8, 4) is 0 Å². The average Bonchev–Trinajstić information content (AvgIpc) is 3.33. The number of anilines is 1. The highest BCUT2D eigenvalue weighted by molar-refractivity contribution is 5.92. The normalized spacial score (nSPS) is 23.4. The van der Waals surface area contributed by atoms with E-state index in [9.17, 15) is 29.3 Å². The number of halogens is 1. The molecule has 4 rings (SSSR count). The van der Waals surface area contributed by atoms with Gasteiger partial charge in [-0.25, -0.2) is 14.2 Å². The smallest absolute Gasteiger partial charge is 0.341 e. The first-order valence-electron chi connectivity index (χ1n) is 7.96. The zero-order chi connectivity index (χ0) is 17.9. The van der Waals surface area contributed by atoms with Crippen LogP contribution in [0.15, 0.2) is 17.1 Å². The highest BCUT2D eigenvalue weighted by atomic mass is 19.1. The summed E-state index contributed by atoms with van der Waals surface area (Å²) in [5.41, 5.74) is -0.982. The Balaban J connectivity index is 1.93. The van der Waals surface area contributed by atoms with Crippen molar-refractivity contribution in [2.75, 3.05) is 18.0 Å². The number of hydrogen-bond acceptors (Lipinski definition) is 6.